The molecular weight excluding hydrogens is 290 g/mol. The van der Waals surface area contributed by atoms with Gasteiger partial charge in [-0.2, -0.15) is 0 Å². The van der Waals surface area contributed by atoms with Crippen LogP contribution in [-0.2, 0) is 0 Å². The first-order valence-electron chi connectivity index (χ1n) is 7.71. The summed E-state index contributed by atoms with van der Waals surface area (Å²) in [5, 5.41) is 0. The lowest BCUT2D eigenvalue weighted by molar-refractivity contribution is 0.313. The third kappa shape index (κ3) is 2.59. The van der Waals surface area contributed by atoms with E-state index in [-0.39, 0.29) is 0 Å². The number of H-pyrrole nitrogens is 1. The second-order valence-corrected chi connectivity index (χ2v) is 5.87. The smallest absolute Gasteiger partial charge is 0.183 e. The zero-order valence-corrected chi connectivity index (χ0v) is 13.0. The van der Waals surface area contributed by atoms with Gasteiger partial charge in [-0.05, 0) is 31.3 Å². The molecule has 1 aliphatic heterocycles. The average molecular weight is 309 g/mol. The second kappa shape index (κ2) is 5.51. The number of piperazine rings is 1. The number of aromatic amines is 1. The SMILES string of the molecule is CN1CCN(c2ccc(-c3nc(N)c4[nH]cnc4n3)cc2)CC1. The van der Waals surface area contributed by atoms with Crippen LogP contribution in [-0.4, -0.2) is 58.1 Å². The minimum atomic E-state index is 0.422. The molecule has 1 aromatic carbocycles. The zero-order valence-electron chi connectivity index (χ0n) is 13.0. The minimum absolute atomic E-state index is 0.422. The number of likely N-dealkylation sites (N-methyl/N-ethyl adjacent to an activating group) is 1. The molecule has 3 aromatic rings. The molecule has 3 N–H and O–H groups in total. The number of anilines is 2. The molecule has 7 heteroatoms. The normalized spacial score (nSPS) is 16.1. The van der Waals surface area contributed by atoms with Crippen molar-refractivity contribution in [3.8, 4) is 11.4 Å². The molecular formula is C16H19N7. The summed E-state index contributed by atoms with van der Waals surface area (Å²) in [6.07, 6.45) is 1.58. The average Bonchev–Trinajstić information content (AvgIpc) is 3.05. The number of hydrogen-bond donors (Lipinski definition) is 2. The molecule has 4 rings (SSSR count). The van der Waals surface area contributed by atoms with Crippen LogP contribution in [0.3, 0.4) is 0 Å². The predicted octanol–water partition coefficient (Wildman–Crippen LogP) is 1.35. The maximum Gasteiger partial charge on any atom is 0.183 e. The lowest BCUT2D eigenvalue weighted by atomic mass is 10.1. The topological polar surface area (TPSA) is 87.0 Å². The van der Waals surface area contributed by atoms with Crippen LogP contribution in [0.15, 0.2) is 30.6 Å². The highest BCUT2D eigenvalue weighted by atomic mass is 15.2. The highest BCUT2D eigenvalue weighted by molar-refractivity contribution is 5.83. The number of imidazole rings is 1. The summed E-state index contributed by atoms with van der Waals surface area (Å²) in [6.45, 7) is 4.30. The summed E-state index contributed by atoms with van der Waals surface area (Å²) < 4.78 is 0. The molecule has 0 saturated carbocycles. The van der Waals surface area contributed by atoms with Crippen LogP contribution in [0.4, 0.5) is 11.5 Å². The highest BCUT2D eigenvalue weighted by Crippen LogP contribution is 2.24. The lowest BCUT2D eigenvalue weighted by Crippen LogP contribution is -2.44. The summed E-state index contributed by atoms with van der Waals surface area (Å²) in [6, 6.07) is 8.33. The van der Waals surface area contributed by atoms with Crippen molar-refractivity contribution in [3.63, 3.8) is 0 Å². The molecule has 0 radical (unpaired) electrons. The Morgan fingerprint density at radius 2 is 1.78 bits per heavy atom. The Hall–Kier alpha value is -2.67. The van der Waals surface area contributed by atoms with Gasteiger partial charge < -0.3 is 20.5 Å². The monoisotopic (exact) mass is 309 g/mol. The molecule has 1 fully saturated rings. The quantitative estimate of drug-likeness (QED) is 0.743. The first kappa shape index (κ1) is 14.0. The fourth-order valence-electron chi connectivity index (χ4n) is 2.87. The van der Waals surface area contributed by atoms with Crippen molar-refractivity contribution < 1.29 is 0 Å². The Labute approximate surface area is 134 Å². The van der Waals surface area contributed by atoms with Gasteiger partial charge in [-0.3, -0.25) is 0 Å². The summed E-state index contributed by atoms with van der Waals surface area (Å²) in [4.78, 5) is 20.7. The number of rotatable bonds is 2. The molecule has 1 aliphatic rings. The zero-order chi connectivity index (χ0) is 15.8. The molecule has 0 aliphatic carbocycles. The molecule has 118 valence electrons. The summed E-state index contributed by atoms with van der Waals surface area (Å²) in [5.74, 6) is 1.03. The molecule has 7 nitrogen and oxygen atoms in total. The Balaban J connectivity index is 1.61. The van der Waals surface area contributed by atoms with Gasteiger partial charge in [-0.25, -0.2) is 15.0 Å². The molecule has 0 spiro atoms. The van der Waals surface area contributed by atoms with Crippen molar-refractivity contribution in [2.24, 2.45) is 0 Å². The van der Waals surface area contributed by atoms with E-state index in [4.69, 9.17) is 5.73 Å². The van der Waals surface area contributed by atoms with Crippen LogP contribution >= 0.6 is 0 Å². The lowest BCUT2D eigenvalue weighted by Gasteiger charge is -2.34. The van der Waals surface area contributed by atoms with Gasteiger partial charge in [0.1, 0.15) is 5.52 Å². The third-order valence-corrected chi connectivity index (χ3v) is 4.31. The molecule has 0 unspecified atom stereocenters. The predicted molar refractivity (Wildman–Crippen MR) is 91.2 cm³/mol. The fraction of sp³-hybridized carbons (Fsp3) is 0.312. The van der Waals surface area contributed by atoms with Gasteiger partial charge in [-0.1, -0.05) is 0 Å². The molecule has 1 saturated heterocycles. The van der Waals surface area contributed by atoms with E-state index in [9.17, 15) is 0 Å². The van der Waals surface area contributed by atoms with Crippen molar-refractivity contribution in [1.82, 2.24) is 24.8 Å². The Bertz CT molecular complexity index is 816. The third-order valence-electron chi connectivity index (χ3n) is 4.31. The summed E-state index contributed by atoms with van der Waals surface area (Å²) >= 11 is 0. The molecule has 0 amide bonds. The van der Waals surface area contributed by atoms with Gasteiger partial charge in [0.2, 0.25) is 0 Å². The van der Waals surface area contributed by atoms with Crippen LogP contribution in [0, 0.1) is 0 Å². The number of fused-ring (bicyclic) bond motifs is 1. The van der Waals surface area contributed by atoms with Crippen LogP contribution in [0.5, 0.6) is 0 Å². The molecule has 0 atom stereocenters. The van der Waals surface area contributed by atoms with Gasteiger partial charge in [-0.15, -0.1) is 0 Å². The number of benzene rings is 1. The first-order chi connectivity index (χ1) is 11.2. The summed E-state index contributed by atoms with van der Waals surface area (Å²) in [5.41, 5.74) is 9.42. The Morgan fingerprint density at radius 1 is 1.04 bits per heavy atom. The van der Waals surface area contributed by atoms with Gasteiger partial charge in [0.25, 0.3) is 0 Å². The van der Waals surface area contributed by atoms with E-state index in [0.717, 1.165) is 31.7 Å². The van der Waals surface area contributed by atoms with Gasteiger partial charge in [0.15, 0.2) is 17.3 Å². The van der Waals surface area contributed by atoms with E-state index in [1.165, 1.54) is 5.69 Å². The van der Waals surface area contributed by atoms with E-state index in [2.05, 4.69) is 48.9 Å². The number of hydrogen-bond acceptors (Lipinski definition) is 6. The van der Waals surface area contributed by atoms with Gasteiger partial charge in [0, 0.05) is 37.4 Å². The second-order valence-electron chi connectivity index (χ2n) is 5.87. The van der Waals surface area contributed by atoms with E-state index in [1.54, 1.807) is 6.33 Å². The Morgan fingerprint density at radius 3 is 2.52 bits per heavy atom. The number of nitrogens with two attached hydrogens (primary N) is 1. The van der Waals surface area contributed by atoms with Crippen molar-refractivity contribution in [2.45, 2.75) is 0 Å². The van der Waals surface area contributed by atoms with Crippen molar-refractivity contribution >= 4 is 22.7 Å². The minimum Gasteiger partial charge on any atom is -0.382 e. The van der Waals surface area contributed by atoms with E-state index < -0.39 is 0 Å². The van der Waals surface area contributed by atoms with E-state index in [0.29, 0.717) is 22.8 Å². The number of nitrogens with zero attached hydrogens (tertiary/aromatic N) is 5. The maximum absolute atomic E-state index is 5.96. The van der Waals surface area contributed by atoms with Gasteiger partial charge in [0.05, 0.1) is 6.33 Å². The van der Waals surface area contributed by atoms with Gasteiger partial charge >= 0.3 is 0 Å². The Kier molecular flexibility index (Phi) is 3.34. The number of nitrogen functional groups attached to an aromatic ring is 1. The maximum atomic E-state index is 5.96. The molecule has 3 heterocycles. The van der Waals surface area contributed by atoms with E-state index >= 15 is 0 Å². The van der Waals surface area contributed by atoms with Crippen molar-refractivity contribution in [2.75, 3.05) is 43.9 Å². The van der Waals surface area contributed by atoms with E-state index in [1.807, 2.05) is 12.1 Å². The van der Waals surface area contributed by atoms with Crippen molar-refractivity contribution in [1.29, 1.82) is 0 Å². The molecule has 0 bridgehead atoms. The van der Waals surface area contributed by atoms with Crippen LogP contribution in [0.1, 0.15) is 0 Å². The number of aromatic nitrogens is 4. The molecule has 2 aromatic heterocycles. The molecule has 23 heavy (non-hydrogen) atoms. The first-order valence-corrected chi connectivity index (χ1v) is 7.71. The largest absolute Gasteiger partial charge is 0.382 e. The fourth-order valence-corrected chi connectivity index (χ4v) is 2.87. The summed E-state index contributed by atoms with van der Waals surface area (Å²) in [7, 11) is 2.16. The highest BCUT2D eigenvalue weighted by Gasteiger charge is 2.15. The van der Waals surface area contributed by atoms with Crippen LogP contribution in [0.2, 0.25) is 0 Å². The van der Waals surface area contributed by atoms with Crippen LogP contribution in [0.25, 0.3) is 22.6 Å². The van der Waals surface area contributed by atoms with Crippen molar-refractivity contribution in [3.05, 3.63) is 30.6 Å². The number of nitrogens with one attached hydrogen (secondary N) is 1. The standard InChI is InChI=1S/C16H19N7/c1-22-6-8-23(9-7-22)12-4-2-11(3-5-12)15-20-14(17)13-16(21-15)19-10-18-13/h2-5,10H,6-9H2,1H3,(H3,17,18,19,20,21). The van der Waals surface area contributed by atoms with Crippen LogP contribution < -0.4 is 10.6 Å².